The largest absolute Gasteiger partial charge is 0.497 e. The first-order valence-electron chi connectivity index (χ1n) is 8.20. The second-order valence-corrected chi connectivity index (χ2v) is 7.50. The van der Waals surface area contributed by atoms with Gasteiger partial charge in [-0.1, -0.05) is 15.9 Å². The van der Waals surface area contributed by atoms with E-state index in [1.54, 1.807) is 23.5 Å². The number of nitrogens with zero attached hydrogens (tertiary/aromatic N) is 4. The second kappa shape index (κ2) is 7.91. The molecule has 9 heteroatoms. The fourth-order valence-corrected chi connectivity index (χ4v) is 3.74. The first-order valence-corrected chi connectivity index (χ1v) is 9.87. The summed E-state index contributed by atoms with van der Waals surface area (Å²) >= 11 is 4.84. The number of aromatic nitrogens is 4. The van der Waals surface area contributed by atoms with Crippen LogP contribution in [0.4, 0.5) is 5.69 Å². The maximum atomic E-state index is 12.7. The van der Waals surface area contributed by atoms with Crippen molar-refractivity contribution in [3.05, 3.63) is 70.7 Å². The van der Waals surface area contributed by atoms with Gasteiger partial charge < -0.3 is 10.1 Å². The monoisotopic (exact) mass is 455 g/mol. The highest BCUT2D eigenvalue weighted by Crippen LogP contribution is 2.28. The zero-order valence-electron chi connectivity index (χ0n) is 14.7. The summed E-state index contributed by atoms with van der Waals surface area (Å²) in [6.45, 7) is 0. The summed E-state index contributed by atoms with van der Waals surface area (Å²) in [4.78, 5) is 21.2. The summed E-state index contributed by atoms with van der Waals surface area (Å²) in [5.41, 5.74) is 2.58. The van der Waals surface area contributed by atoms with Gasteiger partial charge in [0.05, 0.1) is 18.5 Å². The van der Waals surface area contributed by atoms with Crippen LogP contribution in [0.2, 0.25) is 0 Å². The van der Waals surface area contributed by atoms with E-state index >= 15 is 0 Å². The molecule has 0 aliphatic carbocycles. The van der Waals surface area contributed by atoms with Crippen LogP contribution in [0.3, 0.4) is 0 Å². The Morgan fingerprint density at radius 3 is 2.75 bits per heavy atom. The predicted molar refractivity (Wildman–Crippen MR) is 111 cm³/mol. The first kappa shape index (κ1) is 18.3. The number of rotatable bonds is 5. The van der Waals surface area contributed by atoms with Crippen molar-refractivity contribution in [1.29, 1.82) is 0 Å². The van der Waals surface area contributed by atoms with Crippen molar-refractivity contribution in [2.75, 3.05) is 12.4 Å². The van der Waals surface area contributed by atoms with Crippen LogP contribution in [-0.4, -0.2) is 32.8 Å². The van der Waals surface area contributed by atoms with Crippen LogP contribution in [0, 0.1) is 0 Å². The van der Waals surface area contributed by atoms with Crippen LogP contribution in [-0.2, 0) is 0 Å². The third-order valence-electron chi connectivity index (χ3n) is 3.95. The molecule has 2 heterocycles. The van der Waals surface area contributed by atoms with Gasteiger partial charge in [0.2, 0.25) is 0 Å². The fraction of sp³-hybridized carbons (Fsp3) is 0.0526. The molecular formula is C19H14BrN5O2S. The minimum absolute atomic E-state index is 0.296. The van der Waals surface area contributed by atoms with Crippen molar-refractivity contribution in [1.82, 2.24) is 19.7 Å². The summed E-state index contributed by atoms with van der Waals surface area (Å²) in [6.07, 6.45) is 3.01. The number of amides is 1. The first-order chi connectivity index (χ1) is 13.6. The number of benzene rings is 2. The summed E-state index contributed by atoms with van der Waals surface area (Å²) in [7, 11) is 1.62. The minimum atomic E-state index is -0.296. The van der Waals surface area contributed by atoms with Gasteiger partial charge in [-0.2, -0.15) is 5.10 Å². The van der Waals surface area contributed by atoms with Crippen LogP contribution in [0.15, 0.2) is 65.0 Å². The van der Waals surface area contributed by atoms with Gasteiger partial charge >= 0.3 is 0 Å². The molecule has 4 rings (SSSR count). The Balaban J connectivity index is 1.58. The highest BCUT2D eigenvalue weighted by molar-refractivity contribution is 9.10. The van der Waals surface area contributed by atoms with Crippen LogP contribution in [0.25, 0.3) is 16.3 Å². The Morgan fingerprint density at radius 2 is 2.04 bits per heavy atom. The van der Waals surface area contributed by atoms with Gasteiger partial charge in [0, 0.05) is 15.4 Å². The van der Waals surface area contributed by atoms with Crippen molar-refractivity contribution in [3.8, 4) is 22.0 Å². The molecule has 0 aliphatic heterocycles. The zero-order valence-corrected chi connectivity index (χ0v) is 17.1. The minimum Gasteiger partial charge on any atom is -0.497 e. The number of halogens is 1. The molecule has 2 aromatic carbocycles. The average Bonchev–Trinajstić information content (AvgIpc) is 3.40. The maximum Gasteiger partial charge on any atom is 0.275 e. The van der Waals surface area contributed by atoms with Crippen molar-refractivity contribution in [2.24, 2.45) is 0 Å². The van der Waals surface area contributed by atoms with Gasteiger partial charge in [-0.05, 0) is 42.5 Å². The molecule has 0 spiro atoms. The molecule has 2 aromatic heterocycles. The van der Waals surface area contributed by atoms with Gasteiger partial charge in [-0.3, -0.25) is 4.79 Å². The Kier molecular flexibility index (Phi) is 5.18. The molecule has 1 N–H and O–H groups in total. The predicted octanol–water partition coefficient (Wildman–Crippen LogP) is 4.41. The van der Waals surface area contributed by atoms with Crippen LogP contribution < -0.4 is 10.1 Å². The van der Waals surface area contributed by atoms with Gasteiger partial charge in [0.25, 0.3) is 5.91 Å². The van der Waals surface area contributed by atoms with E-state index in [4.69, 9.17) is 4.74 Å². The average molecular weight is 456 g/mol. The smallest absolute Gasteiger partial charge is 0.275 e. The number of nitrogens with one attached hydrogen (secondary N) is 1. The number of hydrogen-bond acceptors (Lipinski definition) is 6. The number of methoxy groups -OCH3 is 1. The molecule has 4 aromatic rings. The van der Waals surface area contributed by atoms with Crippen molar-refractivity contribution in [2.45, 2.75) is 0 Å². The number of carbonyl (C=O) groups is 1. The van der Waals surface area contributed by atoms with E-state index in [9.17, 15) is 4.79 Å². The molecule has 7 nitrogen and oxygen atoms in total. The molecule has 0 atom stereocenters. The second-order valence-electron chi connectivity index (χ2n) is 5.72. The fourth-order valence-electron chi connectivity index (χ4n) is 2.57. The van der Waals surface area contributed by atoms with Gasteiger partial charge in [-0.25, -0.2) is 14.6 Å². The number of anilines is 1. The summed E-state index contributed by atoms with van der Waals surface area (Å²) < 4.78 is 7.60. The lowest BCUT2D eigenvalue weighted by atomic mass is 10.2. The summed E-state index contributed by atoms with van der Waals surface area (Å²) in [6, 6.07) is 13.1. The van der Waals surface area contributed by atoms with E-state index < -0.39 is 0 Å². The van der Waals surface area contributed by atoms with E-state index in [1.807, 2.05) is 42.5 Å². The van der Waals surface area contributed by atoms with Crippen LogP contribution in [0.1, 0.15) is 10.5 Å². The van der Waals surface area contributed by atoms with Gasteiger partial charge in [-0.15, -0.1) is 11.3 Å². The Morgan fingerprint density at radius 1 is 1.21 bits per heavy atom. The third-order valence-corrected chi connectivity index (χ3v) is 5.33. The lowest BCUT2D eigenvalue weighted by molar-refractivity contribution is 0.102. The zero-order chi connectivity index (χ0) is 19.5. The topological polar surface area (TPSA) is 81.9 Å². The summed E-state index contributed by atoms with van der Waals surface area (Å²) in [5, 5.41) is 9.54. The maximum absolute atomic E-state index is 12.7. The van der Waals surface area contributed by atoms with E-state index in [-0.39, 0.29) is 5.91 Å². The normalized spacial score (nSPS) is 10.6. The van der Waals surface area contributed by atoms with E-state index in [0.29, 0.717) is 17.1 Å². The van der Waals surface area contributed by atoms with Crippen molar-refractivity contribution < 1.29 is 9.53 Å². The van der Waals surface area contributed by atoms with E-state index in [2.05, 4.69) is 36.3 Å². The molecule has 0 fully saturated rings. The number of ether oxygens (including phenoxy) is 1. The molecule has 0 saturated heterocycles. The molecule has 0 saturated carbocycles. The quantitative estimate of drug-likeness (QED) is 0.481. The lowest BCUT2D eigenvalue weighted by Gasteiger charge is -2.10. The molecule has 140 valence electrons. The molecule has 28 heavy (non-hydrogen) atoms. The van der Waals surface area contributed by atoms with Crippen LogP contribution in [0.5, 0.6) is 5.75 Å². The third kappa shape index (κ3) is 3.80. The standard InChI is InChI=1S/C19H14BrN5O2S/c1-27-14-5-2-12(3-6-14)19-24-16(9-28-19)18(26)23-15-8-13(20)4-7-17(15)25-11-21-10-22-25/h2-11H,1H3,(H,23,26). The number of thiazole rings is 1. The Hall–Kier alpha value is -3.04. The molecule has 0 aliphatic rings. The highest BCUT2D eigenvalue weighted by Gasteiger charge is 2.15. The van der Waals surface area contributed by atoms with E-state index in [1.165, 1.54) is 17.7 Å². The molecular weight excluding hydrogens is 442 g/mol. The lowest BCUT2D eigenvalue weighted by Crippen LogP contribution is -2.14. The Labute approximate surface area is 173 Å². The van der Waals surface area contributed by atoms with Crippen LogP contribution >= 0.6 is 27.3 Å². The van der Waals surface area contributed by atoms with Crippen molar-refractivity contribution >= 4 is 38.9 Å². The van der Waals surface area contributed by atoms with E-state index in [0.717, 1.165) is 20.8 Å². The van der Waals surface area contributed by atoms with Gasteiger partial charge in [0.1, 0.15) is 29.1 Å². The van der Waals surface area contributed by atoms with Gasteiger partial charge in [0.15, 0.2) is 0 Å². The number of hydrogen-bond donors (Lipinski definition) is 1. The Bertz CT molecular complexity index is 1110. The molecule has 0 radical (unpaired) electrons. The number of carbonyl (C=O) groups excluding carboxylic acids is 1. The summed E-state index contributed by atoms with van der Waals surface area (Å²) in [5.74, 6) is 0.476. The molecule has 0 unspecified atom stereocenters. The van der Waals surface area contributed by atoms with Crippen molar-refractivity contribution in [3.63, 3.8) is 0 Å². The highest BCUT2D eigenvalue weighted by atomic mass is 79.9. The SMILES string of the molecule is COc1ccc(-c2nc(C(=O)Nc3cc(Br)ccc3-n3cncn3)cs2)cc1. The molecule has 0 bridgehead atoms. The molecule has 1 amide bonds.